The van der Waals surface area contributed by atoms with E-state index >= 15 is 0 Å². The molecule has 0 aliphatic carbocycles. The first-order valence-corrected chi connectivity index (χ1v) is 7.48. The normalized spacial score (nSPS) is 10.9. The molecule has 0 fully saturated rings. The van der Waals surface area contributed by atoms with Crippen LogP contribution in [0.5, 0.6) is 0 Å². The molecule has 0 unspecified atom stereocenters. The lowest BCUT2D eigenvalue weighted by Gasteiger charge is -2.06. The molecule has 2 aromatic carbocycles. The largest absolute Gasteiger partial charge is 0.439 e. The minimum absolute atomic E-state index is 0.299. The molecule has 4 aromatic rings. The number of benzene rings is 2. The molecule has 0 saturated heterocycles. The molecule has 0 saturated carbocycles. The van der Waals surface area contributed by atoms with Crippen LogP contribution in [0.1, 0.15) is 11.1 Å². The maximum atomic E-state index is 13.4. The van der Waals surface area contributed by atoms with Crippen molar-refractivity contribution in [1.82, 2.24) is 14.7 Å². The number of hydrogen-bond donors (Lipinski definition) is 1. The van der Waals surface area contributed by atoms with Crippen LogP contribution in [0.4, 0.5) is 4.39 Å². The molecule has 1 N–H and O–H groups in total. The van der Waals surface area contributed by atoms with E-state index in [1.165, 1.54) is 12.1 Å². The molecule has 7 heteroatoms. The lowest BCUT2D eigenvalue weighted by molar-refractivity contribution is 0.388. The maximum Gasteiger partial charge on any atom is 0.439 e. The Morgan fingerprint density at radius 2 is 2.16 bits per heavy atom. The lowest BCUT2D eigenvalue weighted by Crippen LogP contribution is -1.98. The molecule has 4 rings (SSSR count). The molecule has 0 amide bonds. The lowest BCUT2D eigenvalue weighted by atomic mass is 10.1. The van der Waals surface area contributed by atoms with Gasteiger partial charge in [-0.2, -0.15) is 5.26 Å². The van der Waals surface area contributed by atoms with Crippen LogP contribution in [-0.2, 0) is 6.54 Å². The molecule has 2 heterocycles. The highest BCUT2D eigenvalue weighted by molar-refractivity contribution is 5.89. The van der Waals surface area contributed by atoms with Crippen LogP contribution in [0.2, 0.25) is 0 Å². The molecule has 0 aliphatic rings. The second-order valence-electron chi connectivity index (χ2n) is 5.59. The highest BCUT2D eigenvalue weighted by Gasteiger charge is 2.12. The van der Waals surface area contributed by atoms with Crippen LogP contribution in [0.3, 0.4) is 0 Å². The second-order valence-corrected chi connectivity index (χ2v) is 5.59. The van der Waals surface area contributed by atoms with E-state index in [0.717, 1.165) is 16.5 Å². The first-order chi connectivity index (χ1) is 12.1. The van der Waals surface area contributed by atoms with Gasteiger partial charge in [0.2, 0.25) is 0 Å². The van der Waals surface area contributed by atoms with Gasteiger partial charge in [-0.1, -0.05) is 17.3 Å². The zero-order valence-electron chi connectivity index (χ0n) is 12.9. The van der Waals surface area contributed by atoms with E-state index < -0.39 is 5.76 Å². The SMILES string of the molecule is N#Cc1cn(Cc2cccc(F)c2)c2ccc(-c3noc(=O)[nH]3)cc12. The highest BCUT2D eigenvalue weighted by atomic mass is 19.1. The second kappa shape index (κ2) is 5.76. The zero-order valence-corrected chi connectivity index (χ0v) is 12.9. The highest BCUT2D eigenvalue weighted by Crippen LogP contribution is 2.26. The summed E-state index contributed by atoms with van der Waals surface area (Å²) in [6, 6.07) is 13.9. The Labute approximate surface area is 140 Å². The number of rotatable bonds is 3. The third-order valence-electron chi connectivity index (χ3n) is 3.96. The van der Waals surface area contributed by atoms with Gasteiger partial charge in [0.25, 0.3) is 0 Å². The Hall–Kier alpha value is -3.66. The average molecular weight is 334 g/mol. The molecule has 0 radical (unpaired) electrons. The van der Waals surface area contributed by atoms with Gasteiger partial charge in [0.1, 0.15) is 11.9 Å². The van der Waals surface area contributed by atoms with E-state index in [-0.39, 0.29) is 5.82 Å². The van der Waals surface area contributed by atoms with Gasteiger partial charge >= 0.3 is 5.76 Å². The van der Waals surface area contributed by atoms with Crippen LogP contribution in [0, 0.1) is 17.1 Å². The van der Waals surface area contributed by atoms with Crippen LogP contribution in [-0.4, -0.2) is 14.7 Å². The van der Waals surface area contributed by atoms with E-state index in [0.29, 0.717) is 23.5 Å². The smallest absolute Gasteiger partial charge is 0.342 e. The Balaban J connectivity index is 1.81. The monoisotopic (exact) mass is 334 g/mol. The van der Waals surface area contributed by atoms with E-state index in [1.54, 1.807) is 24.4 Å². The number of H-pyrrole nitrogens is 1. The molecule has 0 bridgehead atoms. The van der Waals surface area contributed by atoms with Crippen molar-refractivity contribution in [3.8, 4) is 17.5 Å². The van der Waals surface area contributed by atoms with E-state index in [2.05, 4.69) is 20.7 Å². The number of fused-ring (bicyclic) bond motifs is 1. The van der Waals surface area contributed by atoms with Crippen molar-refractivity contribution in [2.24, 2.45) is 0 Å². The fourth-order valence-electron chi connectivity index (χ4n) is 2.85. The van der Waals surface area contributed by atoms with Gasteiger partial charge < -0.3 is 4.57 Å². The van der Waals surface area contributed by atoms with Gasteiger partial charge in [0.05, 0.1) is 5.56 Å². The summed E-state index contributed by atoms with van der Waals surface area (Å²) in [7, 11) is 0. The van der Waals surface area contributed by atoms with Gasteiger partial charge in [-0.15, -0.1) is 0 Å². The Bertz CT molecular complexity index is 1180. The van der Waals surface area contributed by atoms with Crippen molar-refractivity contribution in [2.45, 2.75) is 6.54 Å². The van der Waals surface area contributed by atoms with Gasteiger partial charge in [-0.3, -0.25) is 9.51 Å². The molecule has 122 valence electrons. The molecular weight excluding hydrogens is 323 g/mol. The van der Waals surface area contributed by atoms with E-state index in [1.807, 2.05) is 16.7 Å². The number of nitrogens with zero attached hydrogens (tertiary/aromatic N) is 3. The molecule has 0 spiro atoms. The molecule has 0 aliphatic heterocycles. The fraction of sp³-hybridized carbons (Fsp3) is 0.0556. The summed E-state index contributed by atoms with van der Waals surface area (Å²) in [4.78, 5) is 13.6. The van der Waals surface area contributed by atoms with Crippen LogP contribution < -0.4 is 5.76 Å². The third-order valence-corrected chi connectivity index (χ3v) is 3.96. The Kier molecular flexibility index (Phi) is 3.43. The standard InChI is InChI=1S/C18H11FN4O2/c19-14-3-1-2-11(6-14)9-23-10-13(8-20)15-7-12(4-5-16(15)23)17-21-18(24)25-22-17/h1-7,10H,9H2,(H,21,22,24). The van der Waals surface area contributed by atoms with Crippen molar-refractivity contribution in [2.75, 3.05) is 0 Å². The van der Waals surface area contributed by atoms with E-state index in [4.69, 9.17) is 0 Å². The van der Waals surface area contributed by atoms with Crippen LogP contribution >= 0.6 is 0 Å². The average Bonchev–Trinajstić information content (AvgIpc) is 3.18. The summed E-state index contributed by atoms with van der Waals surface area (Å²) in [6.45, 7) is 0.441. The summed E-state index contributed by atoms with van der Waals surface area (Å²) in [5.41, 5.74) is 2.75. The van der Waals surface area contributed by atoms with E-state index in [9.17, 15) is 14.4 Å². The summed E-state index contributed by atoms with van der Waals surface area (Å²) in [5.74, 6) is -0.639. The number of nitriles is 1. The predicted octanol–water partition coefficient (Wildman–Crippen LogP) is 3.04. The van der Waals surface area contributed by atoms with Crippen molar-refractivity contribution >= 4 is 10.9 Å². The van der Waals surface area contributed by atoms with Gasteiger partial charge in [0.15, 0.2) is 5.82 Å². The minimum Gasteiger partial charge on any atom is -0.342 e. The summed E-state index contributed by atoms with van der Waals surface area (Å²) >= 11 is 0. The number of aromatic amines is 1. The number of hydrogen-bond acceptors (Lipinski definition) is 4. The van der Waals surface area contributed by atoms with Crippen molar-refractivity contribution in [3.63, 3.8) is 0 Å². The fourth-order valence-corrected chi connectivity index (χ4v) is 2.85. The van der Waals surface area contributed by atoms with Gasteiger partial charge in [-0.25, -0.2) is 9.18 Å². The quantitative estimate of drug-likeness (QED) is 0.624. The summed E-state index contributed by atoms with van der Waals surface area (Å²) in [5, 5.41) is 13.8. The summed E-state index contributed by atoms with van der Waals surface area (Å²) < 4.78 is 19.8. The number of halogens is 1. The van der Waals surface area contributed by atoms with Crippen LogP contribution in [0.25, 0.3) is 22.3 Å². The van der Waals surface area contributed by atoms with Crippen molar-refractivity contribution < 1.29 is 8.91 Å². The molecule has 0 atom stereocenters. The van der Waals surface area contributed by atoms with Gasteiger partial charge in [0, 0.05) is 29.2 Å². The summed E-state index contributed by atoms with van der Waals surface area (Å²) in [6.07, 6.45) is 1.73. The molecule has 2 aromatic heterocycles. The maximum absolute atomic E-state index is 13.4. The number of aromatic nitrogens is 3. The number of nitrogens with one attached hydrogen (secondary N) is 1. The topological polar surface area (TPSA) is 87.6 Å². The van der Waals surface area contributed by atoms with Crippen molar-refractivity contribution in [3.05, 3.63) is 76.2 Å². The first-order valence-electron chi connectivity index (χ1n) is 7.48. The van der Waals surface area contributed by atoms with Gasteiger partial charge in [-0.05, 0) is 35.9 Å². The first kappa shape index (κ1) is 14.9. The molecule has 25 heavy (non-hydrogen) atoms. The van der Waals surface area contributed by atoms with Crippen LogP contribution in [0.15, 0.2) is 58.0 Å². The zero-order chi connectivity index (χ0) is 17.4. The predicted molar refractivity (Wildman–Crippen MR) is 88.3 cm³/mol. The minimum atomic E-state index is -0.640. The molecular formula is C18H11FN4O2. The van der Waals surface area contributed by atoms with Crippen molar-refractivity contribution in [1.29, 1.82) is 5.26 Å². The molecule has 6 nitrogen and oxygen atoms in total. The Morgan fingerprint density at radius 1 is 1.28 bits per heavy atom. The third kappa shape index (κ3) is 2.70. The Morgan fingerprint density at radius 3 is 2.88 bits per heavy atom.